The summed E-state index contributed by atoms with van der Waals surface area (Å²) in [5.74, 6) is 2.27. The van der Waals surface area contributed by atoms with Gasteiger partial charge in [0.15, 0.2) is 5.82 Å². The van der Waals surface area contributed by atoms with Gasteiger partial charge in [-0.3, -0.25) is 0 Å². The topological polar surface area (TPSA) is 60.2 Å². The largest absolute Gasteiger partial charge is 0.493 e. The molecule has 0 saturated heterocycles. The molecule has 1 atom stereocenters. The number of rotatable bonds is 7. The van der Waals surface area contributed by atoms with Crippen molar-refractivity contribution < 1.29 is 9.26 Å². The molecule has 0 radical (unpaired) electrons. The van der Waals surface area contributed by atoms with E-state index in [1.807, 2.05) is 20.0 Å². The molecule has 1 heterocycles. The van der Waals surface area contributed by atoms with Crippen molar-refractivity contribution in [2.75, 3.05) is 13.7 Å². The van der Waals surface area contributed by atoms with Gasteiger partial charge in [0.05, 0.1) is 13.0 Å². The highest BCUT2D eigenvalue weighted by Crippen LogP contribution is 2.19. The minimum absolute atomic E-state index is 0.335. The number of nitrogens with one attached hydrogen (secondary N) is 1. The summed E-state index contributed by atoms with van der Waals surface area (Å²) in [6, 6.07) is 6.52. The fourth-order valence-corrected chi connectivity index (χ4v) is 1.96. The van der Waals surface area contributed by atoms with Crippen molar-refractivity contribution in [3.05, 3.63) is 41.0 Å². The van der Waals surface area contributed by atoms with Crippen molar-refractivity contribution in [2.45, 2.75) is 39.7 Å². The van der Waals surface area contributed by atoms with E-state index in [1.165, 1.54) is 5.56 Å². The molecule has 0 amide bonds. The Kier molecular flexibility index (Phi) is 5.33. The molecule has 5 nitrogen and oxygen atoms in total. The Morgan fingerprint density at radius 1 is 1.33 bits per heavy atom. The number of aromatic nitrogens is 2. The first kappa shape index (κ1) is 15.5. The molecule has 5 heteroatoms. The predicted octanol–water partition coefficient (Wildman–Crippen LogP) is 2.46. The monoisotopic (exact) mass is 289 g/mol. The van der Waals surface area contributed by atoms with Crippen molar-refractivity contribution in [1.82, 2.24) is 15.5 Å². The van der Waals surface area contributed by atoms with Crippen LogP contribution in [0.1, 0.15) is 29.8 Å². The minimum atomic E-state index is 0.335. The Morgan fingerprint density at radius 3 is 2.90 bits per heavy atom. The van der Waals surface area contributed by atoms with E-state index in [0.29, 0.717) is 25.0 Å². The molecule has 0 bridgehead atoms. The average molecular weight is 289 g/mol. The number of hydrogen-bond acceptors (Lipinski definition) is 5. The molecule has 114 valence electrons. The normalized spacial score (nSPS) is 12.4. The molecule has 1 unspecified atom stereocenters. The van der Waals surface area contributed by atoms with Gasteiger partial charge in [-0.15, -0.1) is 0 Å². The van der Waals surface area contributed by atoms with Crippen LogP contribution in [0.2, 0.25) is 0 Å². The van der Waals surface area contributed by atoms with Gasteiger partial charge in [0.25, 0.3) is 0 Å². The zero-order chi connectivity index (χ0) is 15.2. The van der Waals surface area contributed by atoms with E-state index in [-0.39, 0.29) is 0 Å². The number of hydrogen-bond donors (Lipinski definition) is 1. The van der Waals surface area contributed by atoms with E-state index < -0.39 is 0 Å². The number of likely N-dealkylation sites (N-methyl/N-ethyl adjacent to an activating group) is 1. The summed E-state index contributed by atoms with van der Waals surface area (Å²) in [6.45, 7) is 6.71. The van der Waals surface area contributed by atoms with Crippen LogP contribution in [0.15, 0.2) is 22.7 Å². The van der Waals surface area contributed by atoms with E-state index >= 15 is 0 Å². The summed E-state index contributed by atoms with van der Waals surface area (Å²) in [6.07, 6.45) is 1.38. The lowest BCUT2D eigenvalue weighted by atomic mass is 10.1. The molecule has 1 N–H and O–H groups in total. The number of nitrogens with zero attached hydrogens (tertiary/aromatic N) is 2. The highest BCUT2D eigenvalue weighted by atomic mass is 16.5. The molecule has 0 spiro atoms. The molecule has 0 aliphatic rings. The number of benzene rings is 1. The SMILES string of the molecule is CNC(C)Cc1noc(CCOc2cc(C)ccc2C)n1. The molecule has 1 aromatic carbocycles. The average Bonchev–Trinajstić information content (AvgIpc) is 2.90. The number of ether oxygens (including phenoxy) is 1. The summed E-state index contributed by atoms with van der Waals surface area (Å²) in [4.78, 5) is 4.37. The zero-order valence-corrected chi connectivity index (χ0v) is 13.1. The lowest BCUT2D eigenvalue weighted by Gasteiger charge is -2.08. The third kappa shape index (κ3) is 4.56. The molecule has 2 rings (SSSR count). The van der Waals surface area contributed by atoms with Gasteiger partial charge in [0.1, 0.15) is 5.75 Å². The highest BCUT2D eigenvalue weighted by Gasteiger charge is 2.09. The molecule has 0 aliphatic heterocycles. The van der Waals surface area contributed by atoms with Gasteiger partial charge < -0.3 is 14.6 Å². The molecule has 0 fully saturated rings. The van der Waals surface area contributed by atoms with E-state index in [4.69, 9.17) is 9.26 Å². The Morgan fingerprint density at radius 2 is 2.14 bits per heavy atom. The van der Waals surface area contributed by atoms with Gasteiger partial charge in [-0.25, -0.2) is 0 Å². The second kappa shape index (κ2) is 7.22. The first-order valence-electron chi connectivity index (χ1n) is 7.27. The predicted molar refractivity (Wildman–Crippen MR) is 81.6 cm³/mol. The Hall–Kier alpha value is -1.88. The first-order valence-corrected chi connectivity index (χ1v) is 7.27. The van der Waals surface area contributed by atoms with Gasteiger partial charge in [-0.05, 0) is 45.0 Å². The summed E-state index contributed by atoms with van der Waals surface area (Å²) in [7, 11) is 1.92. The zero-order valence-electron chi connectivity index (χ0n) is 13.1. The molecule has 2 aromatic rings. The molecule has 0 aliphatic carbocycles. The summed E-state index contributed by atoms with van der Waals surface area (Å²) in [5.41, 5.74) is 2.33. The molecular weight excluding hydrogens is 266 g/mol. The smallest absolute Gasteiger partial charge is 0.230 e. The van der Waals surface area contributed by atoms with Crippen molar-refractivity contribution in [2.24, 2.45) is 0 Å². The lowest BCUT2D eigenvalue weighted by molar-refractivity contribution is 0.290. The van der Waals surface area contributed by atoms with Gasteiger partial charge in [0.2, 0.25) is 5.89 Å². The van der Waals surface area contributed by atoms with Crippen LogP contribution in [0, 0.1) is 13.8 Å². The fourth-order valence-electron chi connectivity index (χ4n) is 1.96. The molecular formula is C16H23N3O2. The van der Waals surface area contributed by atoms with Crippen molar-refractivity contribution in [3.63, 3.8) is 0 Å². The van der Waals surface area contributed by atoms with Crippen LogP contribution in [0.5, 0.6) is 5.75 Å². The third-order valence-corrected chi connectivity index (χ3v) is 3.41. The molecule has 1 aromatic heterocycles. The van der Waals surface area contributed by atoms with Crippen LogP contribution in [-0.2, 0) is 12.8 Å². The maximum absolute atomic E-state index is 5.79. The van der Waals surface area contributed by atoms with Crippen LogP contribution in [0.25, 0.3) is 0 Å². The second-order valence-electron chi connectivity index (χ2n) is 5.37. The maximum atomic E-state index is 5.79. The molecule has 21 heavy (non-hydrogen) atoms. The van der Waals surface area contributed by atoms with E-state index in [2.05, 4.69) is 41.4 Å². The summed E-state index contributed by atoms with van der Waals surface area (Å²) < 4.78 is 11.0. The van der Waals surface area contributed by atoms with Crippen LogP contribution < -0.4 is 10.1 Å². The van der Waals surface area contributed by atoms with Crippen LogP contribution in [0.3, 0.4) is 0 Å². The quantitative estimate of drug-likeness (QED) is 0.848. The Labute approximate surface area is 125 Å². The Balaban J connectivity index is 1.85. The third-order valence-electron chi connectivity index (χ3n) is 3.41. The van der Waals surface area contributed by atoms with E-state index in [9.17, 15) is 0 Å². The van der Waals surface area contributed by atoms with Crippen LogP contribution >= 0.6 is 0 Å². The highest BCUT2D eigenvalue weighted by molar-refractivity contribution is 5.35. The van der Waals surface area contributed by atoms with E-state index in [0.717, 1.165) is 23.6 Å². The summed E-state index contributed by atoms with van der Waals surface area (Å²) in [5, 5.41) is 7.13. The summed E-state index contributed by atoms with van der Waals surface area (Å²) >= 11 is 0. The Bertz CT molecular complexity index is 581. The van der Waals surface area contributed by atoms with Gasteiger partial charge >= 0.3 is 0 Å². The maximum Gasteiger partial charge on any atom is 0.230 e. The van der Waals surface area contributed by atoms with Crippen molar-refractivity contribution in [3.8, 4) is 5.75 Å². The van der Waals surface area contributed by atoms with E-state index in [1.54, 1.807) is 0 Å². The molecule has 0 saturated carbocycles. The van der Waals surface area contributed by atoms with Crippen LogP contribution in [-0.4, -0.2) is 29.8 Å². The fraction of sp³-hybridized carbons (Fsp3) is 0.500. The number of aryl methyl sites for hydroxylation is 2. The minimum Gasteiger partial charge on any atom is -0.493 e. The van der Waals surface area contributed by atoms with Gasteiger partial charge in [-0.1, -0.05) is 17.3 Å². The van der Waals surface area contributed by atoms with Crippen molar-refractivity contribution in [1.29, 1.82) is 0 Å². The van der Waals surface area contributed by atoms with Gasteiger partial charge in [0, 0.05) is 12.5 Å². The van der Waals surface area contributed by atoms with Gasteiger partial charge in [-0.2, -0.15) is 4.98 Å². The second-order valence-corrected chi connectivity index (χ2v) is 5.37. The lowest BCUT2D eigenvalue weighted by Crippen LogP contribution is -2.24. The first-order chi connectivity index (χ1) is 10.1. The standard InChI is InChI=1S/C16H23N3O2/c1-11-5-6-12(2)14(9-11)20-8-7-16-18-15(19-21-16)10-13(3)17-4/h5-6,9,13,17H,7-8,10H2,1-4H3. The van der Waals surface area contributed by atoms with Crippen molar-refractivity contribution >= 4 is 0 Å². The van der Waals surface area contributed by atoms with Crippen LogP contribution in [0.4, 0.5) is 0 Å².